The van der Waals surface area contributed by atoms with Crippen molar-refractivity contribution in [1.29, 1.82) is 0 Å². The van der Waals surface area contributed by atoms with Crippen LogP contribution in [0.1, 0.15) is 35.4 Å². The zero-order chi connectivity index (χ0) is 30.1. The van der Waals surface area contributed by atoms with Gasteiger partial charge in [-0.2, -0.15) is 13.2 Å². The maximum atomic E-state index is 12.8. The van der Waals surface area contributed by atoms with E-state index >= 15 is 0 Å². The second-order valence-corrected chi connectivity index (χ2v) is 10.5. The Hall–Kier alpha value is -4.49. The number of aliphatic hydroxyl groups excluding tert-OH is 1. The summed E-state index contributed by atoms with van der Waals surface area (Å²) in [5, 5.41) is 18.1. The van der Waals surface area contributed by atoms with Gasteiger partial charge in [0, 0.05) is 29.4 Å². The molecule has 3 aliphatic rings. The van der Waals surface area contributed by atoms with Crippen LogP contribution in [0.2, 0.25) is 0 Å². The van der Waals surface area contributed by atoms with Gasteiger partial charge in [0.25, 0.3) is 0 Å². The molecule has 1 saturated heterocycles. The lowest BCUT2D eigenvalue weighted by atomic mass is 9.84. The molecule has 0 radical (unpaired) electrons. The van der Waals surface area contributed by atoms with E-state index in [1.165, 1.54) is 12.1 Å². The van der Waals surface area contributed by atoms with Crippen LogP contribution in [0.3, 0.4) is 0 Å². The molecule has 0 aromatic heterocycles. The Morgan fingerprint density at radius 1 is 0.907 bits per heavy atom. The monoisotopic (exact) mass is 599 g/mol. The van der Waals surface area contributed by atoms with Crippen LogP contribution in [-0.4, -0.2) is 48.8 Å². The van der Waals surface area contributed by atoms with E-state index in [4.69, 9.17) is 18.9 Å². The van der Waals surface area contributed by atoms with Gasteiger partial charge in [0.15, 0.2) is 11.5 Å². The fourth-order valence-corrected chi connectivity index (χ4v) is 5.53. The molecule has 226 valence electrons. The number of carbonyl (C=O) groups excluding carboxylic acids is 2. The minimum Gasteiger partial charge on any atom is -0.487 e. The summed E-state index contributed by atoms with van der Waals surface area (Å²) in [7, 11) is 0. The molecule has 10 nitrogen and oxygen atoms in total. The summed E-state index contributed by atoms with van der Waals surface area (Å²) in [5.74, 6) is 1.45. The van der Waals surface area contributed by atoms with E-state index in [1.807, 2.05) is 12.1 Å². The first-order valence-corrected chi connectivity index (χ1v) is 13.6. The van der Waals surface area contributed by atoms with Crippen molar-refractivity contribution in [1.82, 2.24) is 5.32 Å². The van der Waals surface area contributed by atoms with Crippen LogP contribution in [0.15, 0.2) is 60.7 Å². The Labute approximate surface area is 244 Å². The van der Waals surface area contributed by atoms with E-state index in [0.29, 0.717) is 35.9 Å². The molecule has 0 spiro atoms. The number of halogens is 3. The molecule has 3 heterocycles. The number of ether oxygens (including phenoxy) is 4. The molecular formula is C30H28F3N3O7. The van der Waals surface area contributed by atoms with Gasteiger partial charge in [-0.3, -0.25) is 4.79 Å². The Morgan fingerprint density at radius 2 is 1.63 bits per heavy atom. The molecule has 3 aliphatic heterocycles. The molecule has 0 bridgehead atoms. The third-order valence-electron chi connectivity index (χ3n) is 7.57. The molecule has 13 heteroatoms. The largest absolute Gasteiger partial charge is 0.487 e. The summed E-state index contributed by atoms with van der Waals surface area (Å²) < 4.78 is 61.2. The summed E-state index contributed by atoms with van der Waals surface area (Å²) >= 11 is 0. The average Bonchev–Trinajstić information content (AvgIpc) is 3.59. The number of anilines is 2. The number of benzene rings is 3. The molecule has 4 atom stereocenters. The van der Waals surface area contributed by atoms with E-state index < -0.39 is 36.1 Å². The van der Waals surface area contributed by atoms with E-state index in [-0.39, 0.29) is 37.3 Å². The van der Waals surface area contributed by atoms with Crippen molar-refractivity contribution in [2.45, 2.75) is 49.8 Å². The quantitative estimate of drug-likeness (QED) is 0.308. The fraction of sp³-hybridized carbons (Fsp3) is 0.333. The first-order valence-electron chi connectivity index (χ1n) is 13.6. The molecule has 0 saturated carbocycles. The maximum absolute atomic E-state index is 12.8. The average molecular weight is 600 g/mol. The predicted molar refractivity (Wildman–Crippen MR) is 147 cm³/mol. The lowest BCUT2D eigenvalue weighted by molar-refractivity contribution is -0.142. The normalized spacial score (nSPS) is 21.8. The number of rotatable bonds is 7. The number of hydrogen-bond donors (Lipinski definition) is 4. The minimum atomic E-state index is -4.47. The molecule has 6 rings (SSSR count). The number of urea groups is 1. The molecule has 0 unspecified atom stereocenters. The van der Waals surface area contributed by atoms with Crippen molar-refractivity contribution < 1.29 is 46.8 Å². The van der Waals surface area contributed by atoms with E-state index in [9.17, 15) is 27.9 Å². The molecule has 3 aromatic carbocycles. The number of aliphatic hydroxyl groups is 1. The second-order valence-electron chi connectivity index (χ2n) is 10.5. The van der Waals surface area contributed by atoms with Crippen molar-refractivity contribution >= 4 is 23.3 Å². The second kappa shape index (κ2) is 11.7. The van der Waals surface area contributed by atoms with Crippen LogP contribution in [0.4, 0.5) is 29.3 Å². The lowest BCUT2D eigenvalue weighted by Crippen LogP contribution is -2.47. The molecule has 1 fully saturated rings. The summed E-state index contributed by atoms with van der Waals surface area (Å²) in [6, 6.07) is 14.0. The van der Waals surface area contributed by atoms with Gasteiger partial charge in [0.1, 0.15) is 18.0 Å². The van der Waals surface area contributed by atoms with Crippen LogP contribution in [0.25, 0.3) is 0 Å². The Balaban J connectivity index is 1.07. The smallest absolute Gasteiger partial charge is 0.416 e. The Morgan fingerprint density at radius 3 is 2.40 bits per heavy atom. The van der Waals surface area contributed by atoms with Crippen LogP contribution in [-0.2, 0) is 22.3 Å². The van der Waals surface area contributed by atoms with Gasteiger partial charge in [-0.15, -0.1) is 0 Å². The number of alkyl halides is 3. The topological polar surface area (TPSA) is 127 Å². The van der Waals surface area contributed by atoms with Gasteiger partial charge in [-0.25, -0.2) is 4.79 Å². The van der Waals surface area contributed by atoms with Crippen molar-refractivity contribution in [3.63, 3.8) is 0 Å². The lowest BCUT2D eigenvalue weighted by Gasteiger charge is -2.37. The summed E-state index contributed by atoms with van der Waals surface area (Å²) in [4.78, 5) is 25.3. The highest BCUT2D eigenvalue weighted by molar-refractivity contribution is 5.99. The van der Waals surface area contributed by atoms with Crippen LogP contribution < -0.4 is 30.2 Å². The molecule has 0 aliphatic carbocycles. The fourth-order valence-electron chi connectivity index (χ4n) is 5.53. The summed E-state index contributed by atoms with van der Waals surface area (Å²) in [6.45, 7) is 0.164. The number of nitrogens with one attached hydrogen (secondary N) is 3. The van der Waals surface area contributed by atoms with E-state index in [1.54, 1.807) is 24.3 Å². The Kier molecular flexibility index (Phi) is 7.75. The van der Waals surface area contributed by atoms with Gasteiger partial charge < -0.3 is 40.0 Å². The predicted octanol–water partition coefficient (Wildman–Crippen LogP) is 4.78. The van der Waals surface area contributed by atoms with Crippen LogP contribution in [0.5, 0.6) is 17.2 Å². The van der Waals surface area contributed by atoms with Crippen LogP contribution >= 0.6 is 0 Å². The van der Waals surface area contributed by atoms with Crippen molar-refractivity contribution in [3.8, 4) is 17.2 Å². The SMILES string of the molecule is O=C(C[C@@H]1C[C@H]2c3cc(NC(=O)Nc4ccc(C(F)(F)F)cc4)ccc3O[C@H]2[C@H](CO)O1)NCc1ccc2c(c1)OCO2. The number of fused-ring (bicyclic) bond motifs is 4. The molecule has 4 N–H and O–H groups in total. The van der Waals surface area contributed by atoms with Crippen molar-refractivity contribution in [2.24, 2.45) is 0 Å². The van der Waals surface area contributed by atoms with Crippen molar-refractivity contribution in [2.75, 3.05) is 24.0 Å². The summed E-state index contributed by atoms with van der Waals surface area (Å²) in [6.07, 6.45) is -5.55. The van der Waals surface area contributed by atoms with Crippen molar-refractivity contribution in [3.05, 3.63) is 77.4 Å². The van der Waals surface area contributed by atoms with E-state index in [0.717, 1.165) is 23.3 Å². The van der Waals surface area contributed by atoms with Gasteiger partial charge in [-0.05, 0) is 66.6 Å². The first kappa shape index (κ1) is 28.6. The third kappa shape index (κ3) is 6.32. The van der Waals surface area contributed by atoms with Crippen LogP contribution in [0, 0.1) is 0 Å². The number of amides is 3. The molecule has 3 amide bonds. The Bertz CT molecular complexity index is 1520. The van der Waals surface area contributed by atoms with Gasteiger partial charge in [-0.1, -0.05) is 6.07 Å². The van der Waals surface area contributed by atoms with Gasteiger partial charge in [0.05, 0.1) is 24.7 Å². The van der Waals surface area contributed by atoms with E-state index in [2.05, 4.69) is 16.0 Å². The highest BCUT2D eigenvalue weighted by atomic mass is 19.4. The summed E-state index contributed by atoms with van der Waals surface area (Å²) in [5.41, 5.74) is 1.48. The van der Waals surface area contributed by atoms with Gasteiger partial charge >= 0.3 is 12.2 Å². The number of hydrogen-bond acceptors (Lipinski definition) is 7. The first-order chi connectivity index (χ1) is 20.7. The minimum absolute atomic E-state index is 0.0765. The number of carbonyl (C=O) groups is 2. The van der Waals surface area contributed by atoms with Gasteiger partial charge in [0.2, 0.25) is 12.7 Å². The zero-order valence-corrected chi connectivity index (χ0v) is 22.6. The molecule has 3 aromatic rings. The standard InChI is InChI=1S/C30H28F3N3O7/c31-30(32,33)17-2-4-18(5-3-17)35-29(39)36-19-6-8-23-21(10-19)22-11-20(42-26(14-37)28(22)43-23)12-27(38)34-13-16-1-7-24-25(9-16)41-15-40-24/h1-10,20,22,26,28,37H,11-15H2,(H,34,38)(H2,35,36,39)/t20-,22-,26-,28+/m0/s1. The third-order valence-corrected chi connectivity index (χ3v) is 7.57. The highest BCUT2D eigenvalue weighted by Gasteiger charge is 2.46. The molecule has 43 heavy (non-hydrogen) atoms. The zero-order valence-electron chi connectivity index (χ0n) is 22.6. The maximum Gasteiger partial charge on any atom is 0.416 e. The molecular weight excluding hydrogens is 571 g/mol. The highest BCUT2D eigenvalue weighted by Crippen LogP contribution is 2.47.